The molecule has 0 bridgehead atoms. The molecular weight excluding hydrogens is 320 g/mol. The van der Waals surface area contributed by atoms with Gasteiger partial charge in [-0.1, -0.05) is 13.3 Å². The summed E-state index contributed by atoms with van der Waals surface area (Å²) in [4.78, 5) is 14.4. The van der Waals surface area contributed by atoms with E-state index in [1.807, 2.05) is 25.1 Å². The van der Waals surface area contributed by atoms with E-state index in [1.54, 1.807) is 4.90 Å². The van der Waals surface area contributed by atoms with Gasteiger partial charge in [0.2, 0.25) is 0 Å². The number of likely N-dealkylation sites (tertiary alicyclic amines) is 1. The molecule has 0 atom stereocenters. The standard InChI is InChI=1S/C19H28N2O4/c1-3-4-10-23-16-6-7-17(15(2)13-16)20-18(22)21-9-5-8-19(14-21)24-11-12-25-19/h6-7,13H,3-5,8-12,14H2,1-2H3,(H,20,22). The molecule has 1 aromatic carbocycles. The number of urea groups is 1. The van der Waals surface area contributed by atoms with Crippen molar-refractivity contribution in [2.45, 2.75) is 45.3 Å². The largest absolute Gasteiger partial charge is 0.494 e. The Morgan fingerprint density at radius 2 is 2.16 bits per heavy atom. The predicted molar refractivity (Wildman–Crippen MR) is 96.0 cm³/mol. The van der Waals surface area contributed by atoms with Gasteiger partial charge in [-0.15, -0.1) is 0 Å². The van der Waals surface area contributed by atoms with Crippen LogP contribution < -0.4 is 10.1 Å². The van der Waals surface area contributed by atoms with Crippen LogP contribution in [0.4, 0.5) is 10.5 Å². The molecular formula is C19H28N2O4. The van der Waals surface area contributed by atoms with Crippen LogP contribution in [0.1, 0.15) is 38.2 Å². The van der Waals surface area contributed by atoms with E-state index in [9.17, 15) is 4.79 Å². The molecule has 0 unspecified atom stereocenters. The molecule has 2 fully saturated rings. The van der Waals surface area contributed by atoms with Crippen molar-refractivity contribution in [3.8, 4) is 5.75 Å². The Labute approximate surface area is 149 Å². The third-order valence-electron chi connectivity index (χ3n) is 4.72. The maximum absolute atomic E-state index is 12.6. The quantitative estimate of drug-likeness (QED) is 0.827. The van der Waals surface area contributed by atoms with E-state index in [1.165, 1.54) is 0 Å². The van der Waals surface area contributed by atoms with Crippen molar-refractivity contribution in [2.75, 3.05) is 38.2 Å². The lowest BCUT2D eigenvalue weighted by molar-refractivity contribution is -0.182. The maximum Gasteiger partial charge on any atom is 0.322 e. The van der Waals surface area contributed by atoms with Crippen LogP contribution in [0.15, 0.2) is 18.2 Å². The number of nitrogens with one attached hydrogen (secondary N) is 1. The number of aryl methyl sites for hydroxylation is 1. The van der Waals surface area contributed by atoms with Gasteiger partial charge in [-0.3, -0.25) is 0 Å². The summed E-state index contributed by atoms with van der Waals surface area (Å²) in [5.41, 5.74) is 1.79. The summed E-state index contributed by atoms with van der Waals surface area (Å²) >= 11 is 0. The molecule has 2 amide bonds. The van der Waals surface area contributed by atoms with Crippen molar-refractivity contribution in [2.24, 2.45) is 0 Å². The zero-order valence-electron chi connectivity index (χ0n) is 15.2. The fraction of sp³-hybridized carbons (Fsp3) is 0.632. The summed E-state index contributed by atoms with van der Waals surface area (Å²) < 4.78 is 17.2. The molecule has 2 saturated heterocycles. The van der Waals surface area contributed by atoms with Crippen LogP contribution in [0.25, 0.3) is 0 Å². The van der Waals surface area contributed by atoms with Crippen LogP contribution in [-0.2, 0) is 9.47 Å². The second-order valence-electron chi connectivity index (χ2n) is 6.74. The molecule has 6 nitrogen and oxygen atoms in total. The molecule has 1 spiro atoms. The van der Waals surface area contributed by atoms with Crippen LogP contribution in [0, 0.1) is 6.92 Å². The lowest BCUT2D eigenvalue weighted by Crippen LogP contribution is -2.52. The number of carbonyl (C=O) groups excluding carboxylic acids is 1. The molecule has 138 valence electrons. The minimum absolute atomic E-state index is 0.110. The van der Waals surface area contributed by atoms with Crippen molar-refractivity contribution in [3.05, 3.63) is 23.8 Å². The van der Waals surface area contributed by atoms with Crippen molar-refractivity contribution >= 4 is 11.7 Å². The van der Waals surface area contributed by atoms with E-state index in [4.69, 9.17) is 14.2 Å². The van der Waals surface area contributed by atoms with Crippen LogP contribution in [-0.4, -0.2) is 49.6 Å². The third-order valence-corrected chi connectivity index (χ3v) is 4.72. The molecule has 6 heteroatoms. The fourth-order valence-electron chi connectivity index (χ4n) is 3.29. The van der Waals surface area contributed by atoms with Gasteiger partial charge >= 0.3 is 6.03 Å². The van der Waals surface area contributed by atoms with Gasteiger partial charge in [-0.2, -0.15) is 0 Å². The first kappa shape index (κ1) is 18.0. The molecule has 0 aliphatic carbocycles. The van der Waals surface area contributed by atoms with E-state index in [2.05, 4.69) is 12.2 Å². The number of benzene rings is 1. The zero-order chi connectivity index (χ0) is 17.7. The minimum Gasteiger partial charge on any atom is -0.494 e. The number of hydrogen-bond donors (Lipinski definition) is 1. The van der Waals surface area contributed by atoms with Gasteiger partial charge in [0, 0.05) is 18.7 Å². The first-order chi connectivity index (χ1) is 12.1. The average Bonchev–Trinajstić information content (AvgIpc) is 3.05. The lowest BCUT2D eigenvalue weighted by atomic mass is 10.1. The maximum atomic E-state index is 12.6. The smallest absolute Gasteiger partial charge is 0.322 e. The van der Waals surface area contributed by atoms with Crippen LogP contribution in [0.2, 0.25) is 0 Å². The van der Waals surface area contributed by atoms with Gasteiger partial charge in [0.15, 0.2) is 5.79 Å². The zero-order valence-corrected chi connectivity index (χ0v) is 15.2. The number of rotatable bonds is 5. The fourth-order valence-corrected chi connectivity index (χ4v) is 3.29. The summed E-state index contributed by atoms with van der Waals surface area (Å²) in [7, 11) is 0. The average molecular weight is 348 g/mol. The summed E-state index contributed by atoms with van der Waals surface area (Å²) in [6, 6.07) is 5.66. The third kappa shape index (κ3) is 4.44. The van der Waals surface area contributed by atoms with Crippen molar-refractivity contribution < 1.29 is 19.0 Å². The van der Waals surface area contributed by atoms with Crippen LogP contribution >= 0.6 is 0 Å². The number of anilines is 1. The monoisotopic (exact) mass is 348 g/mol. The number of ether oxygens (including phenoxy) is 3. The SMILES string of the molecule is CCCCOc1ccc(NC(=O)N2CCCC3(C2)OCCO3)c(C)c1. The molecule has 3 rings (SSSR count). The van der Waals surface area contributed by atoms with Crippen molar-refractivity contribution in [1.29, 1.82) is 0 Å². The Hall–Kier alpha value is -1.79. The van der Waals surface area contributed by atoms with E-state index in [0.717, 1.165) is 55.8 Å². The van der Waals surface area contributed by atoms with Gasteiger partial charge < -0.3 is 24.4 Å². The predicted octanol–water partition coefficient (Wildman–Crippen LogP) is 3.54. The van der Waals surface area contributed by atoms with E-state index >= 15 is 0 Å². The van der Waals surface area contributed by atoms with E-state index in [0.29, 0.717) is 19.8 Å². The Balaban J connectivity index is 1.58. The number of carbonyl (C=O) groups is 1. The Kier molecular flexibility index (Phi) is 5.81. The number of unbranched alkanes of at least 4 members (excludes halogenated alkanes) is 1. The van der Waals surface area contributed by atoms with Crippen LogP contribution in [0.5, 0.6) is 5.75 Å². The van der Waals surface area contributed by atoms with Gasteiger partial charge in [0.25, 0.3) is 0 Å². The second-order valence-corrected chi connectivity index (χ2v) is 6.74. The molecule has 2 heterocycles. The van der Waals surface area contributed by atoms with Crippen molar-refractivity contribution in [1.82, 2.24) is 4.90 Å². The highest BCUT2D eigenvalue weighted by molar-refractivity contribution is 5.90. The Bertz CT molecular complexity index is 599. The van der Waals surface area contributed by atoms with Gasteiger partial charge in [0.05, 0.1) is 26.4 Å². The van der Waals surface area contributed by atoms with Crippen molar-refractivity contribution in [3.63, 3.8) is 0 Å². The first-order valence-corrected chi connectivity index (χ1v) is 9.19. The molecule has 25 heavy (non-hydrogen) atoms. The second kappa shape index (κ2) is 8.06. The summed E-state index contributed by atoms with van der Waals surface area (Å²) in [6.45, 7) is 7.25. The van der Waals surface area contributed by atoms with Gasteiger partial charge in [-0.05, 0) is 43.5 Å². The topological polar surface area (TPSA) is 60.0 Å². The van der Waals surface area contributed by atoms with Gasteiger partial charge in [0.1, 0.15) is 5.75 Å². The molecule has 0 saturated carbocycles. The Morgan fingerprint density at radius 3 is 2.88 bits per heavy atom. The summed E-state index contributed by atoms with van der Waals surface area (Å²) in [6.07, 6.45) is 3.88. The highest BCUT2D eigenvalue weighted by atomic mass is 16.7. The van der Waals surface area contributed by atoms with Crippen LogP contribution in [0.3, 0.4) is 0 Å². The Morgan fingerprint density at radius 1 is 1.36 bits per heavy atom. The lowest BCUT2D eigenvalue weighted by Gasteiger charge is -2.38. The van der Waals surface area contributed by atoms with E-state index < -0.39 is 5.79 Å². The number of amides is 2. The molecule has 1 N–H and O–H groups in total. The summed E-state index contributed by atoms with van der Waals surface area (Å²) in [5, 5.41) is 3.00. The minimum atomic E-state index is -0.596. The number of piperidine rings is 1. The summed E-state index contributed by atoms with van der Waals surface area (Å²) in [5.74, 6) is 0.246. The highest BCUT2D eigenvalue weighted by Crippen LogP contribution is 2.30. The van der Waals surface area contributed by atoms with Gasteiger partial charge in [-0.25, -0.2) is 4.79 Å². The number of hydrogen-bond acceptors (Lipinski definition) is 4. The highest BCUT2D eigenvalue weighted by Gasteiger charge is 2.42. The molecule has 1 aromatic rings. The molecule has 0 aromatic heterocycles. The number of nitrogens with zero attached hydrogens (tertiary/aromatic N) is 1. The molecule has 0 radical (unpaired) electrons. The molecule has 2 aliphatic rings. The first-order valence-electron chi connectivity index (χ1n) is 9.19. The van der Waals surface area contributed by atoms with E-state index in [-0.39, 0.29) is 6.03 Å². The normalized spacial score (nSPS) is 19.2. The molecule has 2 aliphatic heterocycles.